The van der Waals surface area contributed by atoms with Crippen molar-refractivity contribution in [2.45, 2.75) is 34.1 Å². The standard InChI is InChI=1S/C5H10.C2H6/c1-4-3-5(4)2;1-2/h4-5H,3H2,1-2H3;1-2H3/t4-,5-;/m0./s1. The van der Waals surface area contributed by atoms with Crippen LogP contribution in [0.2, 0.25) is 0 Å². The van der Waals surface area contributed by atoms with Crippen LogP contribution in [0, 0.1) is 11.8 Å². The molecule has 0 saturated heterocycles. The minimum Gasteiger partial charge on any atom is -0.0683 e. The van der Waals surface area contributed by atoms with Crippen molar-refractivity contribution in [2.24, 2.45) is 11.8 Å². The maximum Gasteiger partial charge on any atom is -0.0414 e. The Kier molecular flexibility index (Phi) is 3.06. The molecule has 1 fully saturated rings. The molecule has 0 aromatic rings. The smallest absolute Gasteiger partial charge is 0.0414 e. The van der Waals surface area contributed by atoms with Crippen LogP contribution in [-0.2, 0) is 0 Å². The molecule has 0 N–H and O–H groups in total. The molecule has 0 heteroatoms. The molecule has 1 rings (SSSR count). The molecule has 7 heavy (non-hydrogen) atoms. The van der Waals surface area contributed by atoms with E-state index >= 15 is 0 Å². The highest BCUT2D eigenvalue weighted by Crippen LogP contribution is 2.36. The number of hydrogen-bond donors (Lipinski definition) is 0. The van der Waals surface area contributed by atoms with E-state index in [1.807, 2.05) is 13.8 Å². The summed E-state index contributed by atoms with van der Waals surface area (Å²) in [6.07, 6.45) is 1.47. The minimum atomic E-state index is 1.05. The third-order valence-corrected chi connectivity index (χ3v) is 1.51. The average Bonchev–Trinajstić information content (AvgIpc) is 2.27. The first-order valence-corrected chi connectivity index (χ1v) is 3.30. The lowest BCUT2D eigenvalue weighted by Crippen LogP contribution is -1.58. The zero-order chi connectivity index (χ0) is 5.86. The lowest BCUT2D eigenvalue weighted by Gasteiger charge is -1.66. The SMILES string of the molecule is CC.C[C@H]1C[C@@H]1C. The van der Waals surface area contributed by atoms with E-state index in [-0.39, 0.29) is 0 Å². The highest BCUT2D eigenvalue weighted by atomic mass is 14.3. The molecule has 1 saturated carbocycles. The molecule has 44 valence electrons. The topological polar surface area (TPSA) is 0 Å². The van der Waals surface area contributed by atoms with Gasteiger partial charge in [-0.25, -0.2) is 0 Å². The van der Waals surface area contributed by atoms with Gasteiger partial charge in [-0.3, -0.25) is 0 Å². The largest absolute Gasteiger partial charge is 0.0683 e. The molecule has 0 amide bonds. The Bertz CT molecular complexity index is 33.3. The summed E-state index contributed by atoms with van der Waals surface area (Å²) in [5.74, 6) is 2.10. The van der Waals surface area contributed by atoms with Crippen LogP contribution in [0.25, 0.3) is 0 Å². The van der Waals surface area contributed by atoms with E-state index in [4.69, 9.17) is 0 Å². The van der Waals surface area contributed by atoms with Crippen LogP contribution in [0.5, 0.6) is 0 Å². The summed E-state index contributed by atoms with van der Waals surface area (Å²) in [5, 5.41) is 0. The van der Waals surface area contributed by atoms with E-state index in [2.05, 4.69) is 13.8 Å². The molecule has 0 aromatic carbocycles. The van der Waals surface area contributed by atoms with E-state index < -0.39 is 0 Å². The maximum absolute atomic E-state index is 2.30. The summed E-state index contributed by atoms with van der Waals surface area (Å²) in [4.78, 5) is 0. The highest BCUT2D eigenvalue weighted by molar-refractivity contribution is 4.76. The van der Waals surface area contributed by atoms with Crippen LogP contribution in [-0.4, -0.2) is 0 Å². The van der Waals surface area contributed by atoms with Crippen molar-refractivity contribution < 1.29 is 0 Å². The second kappa shape index (κ2) is 3.06. The van der Waals surface area contributed by atoms with Crippen LogP contribution in [0.15, 0.2) is 0 Å². The van der Waals surface area contributed by atoms with Gasteiger partial charge in [0.2, 0.25) is 0 Å². The zero-order valence-corrected chi connectivity index (χ0v) is 5.86. The Hall–Kier alpha value is 0. The van der Waals surface area contributed by atoms with E-state index in [1.54, 1.807) is 0 Å². The third-order valence-electron chi connectivity index (χ3n) is 1.51. The molecular weight excluding hydrogens is 84.1 g/mol. The first kappa shape index (κ1) is 7.00. The number of rotatable bonds is 0. The second-order valence-corrected chi connectivity index (χ2v) is 2.19. The van der Waals surface area contributed by atoms with Crippen molar-refractivity contribution in [2.75, 3.05) is 0 Å². The Morgan fingerprint density at radius 3 is 1.14 bits per heavy atom. The van der Waals surface area contributed by atoms with Gasteiger partial charge in [-0.15, -0.1) is 0 Å². The molecular formula is C7H16. The van der Waals surface area contributed by atoms with Gasteiger partial charge in [-0.1, -0.05) is 27.7 Å². The molecule has 0 aliphatic heterocycles. The Morgan fingerprint density at radius 2 is 1.14 bits per heavy atom. The van der Waals surface area contributed by atoms with Gasteiger partial charge < -0.3 is 0 Å². The molecule has 0 radical (unpaired) electrons. The Morgan fingerprint density at radius 1 is 1.00 bits per heavy atom. The molecule has 2 atom stereocenters. The molecule has 0 unspecified atom stereocenters. The van der Waals surface area contributed by atoms with Crippen LogP contribution in [0.3, 0.4) is 0 Å². The quantitative estimate of drug-likeness (QED) is 0.439. The van der Waals surface area contributed by atoms with Gasteiger partial charge in [0.25, 0.3) is 0 Å². The molecule has 0 aromatic heterocycles. The van der Waals surface area contributed by atoms with Crippen LogP contribution in [0.4, 0.5) is 0 Å². The van der Waals surface area contributed by atoms with Crippen molar-refractivity contribution in [3.8, 4) is 0 Å². The van der Waals surface area contributed by atoms with E-state index in [0.717, 1.165) is 11.8 Å². The normalized spacial score (nSPS) is 36.0. The molecule has 0 spiro atoms. The van der Waals surface area contributed by atoms with Gasteiger partial charge in [0, 0.05) is 0 Å². The average molecular weight is 100 g/mol. The van der Waals surface area contributed by atoms with Crippen molar-refractivity contribution in [3.05, 3.63) is 0 Å². The predicted molar refractivity (Wildman–Crippen MR) is 34.3 cm³/mol. The molecule has 1 aliphatic rings. The Balaban J connectivity index is 0.000000162. The Labute approximate surface area is 46.9 Å². The first-order valence-electron chi connectivity index (χ1n) is 3.30. The van der Waals surface area contributed by atoms with Gasteiger partial charge >= 0.3 is 0 Å². The summed E-state index contributed by atoms with van der Waals surface area (Å²) in [6.45, 7) is 8.59. The second-order valence-electron chi connectivity index (χ2n) is 2.19. The van der Waals surface area contributed by atoms with E-state index in [9.17, 15) is 0 Å². The third kappa shape index (κ3) is 2.67. The molecule has 1 aliphatic carbocycles. The number of hydrogen-bond acceptors (Lipinski definition) is 0. The monoisotopic (exact) mass is 100 g/mol. The first-order chi connectivity index (χ1) is 3.30. The van der Waals surface area contributed by atoms with Gasteiger partial charge in [0.1, 0.15) is 0 Å². The maximum atomic E-state index is 2.30. The van der Waals surface area contributed by atoms with E-state index in [1.165, 1.54) is 6.42 Å². The minimum absolute atomic E-state index is 1.05. The van der Waals surface area contributed by atoms with Gasteiger partial charge in [-0.2, -0.15) is 0 Å². The lowest BCUT2D eigenvalue weighted by atomic mass is 10.4. The van der Waals surface area contributed by atoms with Crippen LogP contribution < -0.4 is 0 Å². The van der Waals surface area contributed by atoms with Crippen LogP contribution >= 0.6 is 0 Å². The fourth-order valence-electron chi connectivity index (χ4n) is 0.508. The van der Waals surface area contributed by atoms with Crippen molar-refractivity contribution in [3.63, 3.8) is 0 Å². The summed E-state index contributed by atoms with van der Waals surface area (Å²) >= 11 is 0. The van der Waals surface area contributed by atoms with Gasteiger partial charge in [-0.05, 0) is 18.3 Å². The van der Waals surface area contributed by atoms with Gasteiger partial charge in [0.05, 0.1) is 0 Å². The van der Waals surface area contributed by atoms with Crippen molar-refractivity contribution in [1.82, 2.24) is 0 Å². The fraction of sp³-hybridized carbons (Fsp3) is 1.00. The predicted octanol–water partition coefficient (Wildman–Crippen LogP) is 2.69. The van der Waals surface area contributed by atoms with Crippen molar-refractivity contribution in [1.29, 1.82) is 0 Å². The molecule has 0 nitrogen and oxygen atoms in total. The van der Waals surface area contributed by atoms with Gasteiger partial charge in [0.15, 0.2) is 0 Å². The van der Waals surface area contributed by atoms with E-state index in [0.29, 0.717) is 0 Å². The lowest BCUT2D eigenvalue weighted by molar-refractivity contribution is 0.834. The summed E-state index contributed by atoms with van der Waals surface area (Å²) in [7, 11) is 0. The fourth-order valence-corrected chi connectivity index (χ4v) is 0.508. The summed E-state index contributed by atoms with van der Waals surface area (Å²) in [5.41, 5.74) is 0. The summed E-state index contributed by atoms with van der Waals surface area (Å²) in [6, 6.07) is 0. The van der Waals surface area contributed by atoms with Crippen LogP contribution in [0.1, 0.15) is 34.1 Å². The van der Waals surface area contributed by atoms with Crippen molar-refractivity contribution >= 4 is 0 Å². The highest BCUT2D eigenvalue weighted by Gasteiger charge is 2.26. The zero-order valence-electron chi connectivity index (χ0n) is 5.86. The summed E-state index contributed by atoms with van der Waals surface area (Å²) < 4.78 is 0. The molecule has 0 bridgehead atoms. The molecule has 0 heterocycles.